The number of nitrogens with one attached hydrogen (secondary N) is 2. The zero-order valence-electron chi connectivity index (χ0n) is 21.7. The molecule has 3 heterocycles. The third-order valence-electron chi connectivity index (χ3n) is 6.94. The van der Waals surface area contributed by atoms with Crippen LogP contribution in [0.4, 0.5) is 5.69 Å². The molecule has 0 unspecified atom stereocenters. The third kappa shape index (κ3) is 5.13. The molecule has 7 nitrogen and oxygen atoms in total. The van der Waals surface area contributed by atoms with Gasteiger partial charge in [-0.2, -0.15) is 0 Å². The summed E-state index contributed by atoms with van der Waals surface area (Å²) >= 11 is 5.83. The minimum Gasteiger partial charge on any atom is -0.497 e. The van der Waals surface area contributed by atoms with Gasteiger partial charge in [0.25, 0.3) is 0 Å². The summed E-state index contributed by atoms with van der Waals surface area (Å²) in [4.78, 5) is 19.7. The van der Waals surface area contributed by atoms with Gasteiger partial charge in [0.15, 0.2) is 5.11 Å². The molecule has 2 aromatic heterocycles. The fraction of sp³-hybridized carbons (Fsp3) is 0.233. The number of benzene rings is 2. The Balaban J connectivity index is 1.47. The van der Waals surface area contributed by atoms with Crippen molar-refractivity contribution in [1.82, 2.24) is 19.8 Å². The van der Waals surface area contributed by atoms with Crippen LogP contribution in [0.3, 0.4) is 0 Å². The molecule has 8 heteroatoms. The highest BCUT2D eigenvalue weighted by molar-refractivity contribution is 7.80. The Morgan fingerprint density at radius 2 is 1.79 bits per heavy atom. The van der Waals surface area contributed by atoms with Crippen LogP contribution in [0.25, 0.3) is 5.69 Å². The number of pyridine rings is 1. The summed E-state index contributed by atoms with van der Waals surface area (Å²) in [6.07, 6.45) is 2.09. The Labute approximate surface area is 228 Å². The molecule has 4 aromatic rings. The number of para-hydroxylation sites is 1. The number of hydrogen-bond acceptors (Lipinski definition) is 4. The van der Waals surface area contributed by atoms with Crippen LogP contribution in [0.15, 0.2) is 85.1 Å². The molecule has 0 aliphatic carbocycles. The van der Waals surface area contributed by atoms with Crippen LogP contribution in [-0.2, 0) is 4.79 Å². The van der Waals surface area contributed by atoms with E-state index in [0.717, 1.165) is 39.8 Å². The zero-order valence-corrected chi connectivity index (χ0v) is 22.5. The fourth-order valence-corrected chi connectivity index (χ4v) is 5.32. The predicted octanol–water partition coefficient (Wildman–Crippen LogP) is 5.50. The summed E-state index contributed by atoms with van der Waals surface area (Å²) < 4.78 is 7.60. The number of aromatic nitrogens is 2. The average molecular weight is 526 g/mol. The number of thiocarbonyl (C=S) groups is 1. The zero-order chi connectivity index (χ0) is 26.6. The summed E-state index contributed by atoms with van der Waals surface area (Å²) in [5.41, 5.74) is 5.94. The van der Waals surface area contributed by atoms with Crippen molar-refractivity contribution in [1.29, 1.82) is 0 Å². The van der Waals surface area contributed by atoms with E-state index < -0.39 is 0 Å². The second-order valence-corrected chi connectivity index (χ2v) is 9.75. The predicted molar refractivity (Wildman–Crippen MR) is 154 cm³/mol. The van der Waals surface area contributed by atoms with E-state index in [1.807, 2.05) is 73.7 Å². The Morgan fingerprint density at radius 3 is 2.50 bits per heavy atom. The maximum absolute atomic E-state index is 12.9. The molecule has 0 saturated carbocycles. The van der Waals surface area contributed by atoms with Crippen molar-refractivity contribution in [3.8, 4) is 11.4 Å². The number of carbonyl (C=O) groups excluding carboxylic acids is 1. The van der Waals surface area contributed by atoms with Gasteiger partial charge < -0.3 is 24.8 Å². The Hall–Kier alpha value is -4.17. The van der Waals surface area contributed by atoms with Gasteiger partial charge in [0, 0.05) is 41.9 Å². The lowest BCUT2D eigenvalue weighted by Crippen LogP contribution is -2.33. The quantitative estimate of drug-likeness (QED) is 0.296. The van der Waals surface area contributed by atoms with E-state index in [2.05, 4.69) is 44.1 Å². The number of ether oxygens (including phenoxy) is 1. The molecule has 5 rings (SSSR count). The maximum atomic E-state index is 12.9. The van der Waals surface area contributed by atoms with Gasteiger partial charge in [-0.15, -0.1) is 0 Å². The Kier molecular flexibility index (Phi) is 7.42. The monoisotopic (exact) mass is 525 g/mol. The summed E-state index contributed by atoms with van der Waals surface area (Å²) in [7, 11) is 1.66. The molecule has 0 spiro atoms. The van der Waals surface area contributed by atoms with E-state index >= 15 is 0 Å². The molecule has 1 amide bonds. The van der Waals surface area contributed by atoms with Crippen molar-refractivity contribution in [2.75, 3.05) is 19.0 Å². The summed E-state index contributed by atoms with van der Waals surface area (Å²) in [5.74, 6) is 0.750. The number of aryl methyl sites for hydroxylation is 2. The van der Waals surface area contributed by atoms with Crippen LogP contribution in [0.1, 0.15) is 41.1 Å². The highest BCUT2D eigenvalue weighted by atomic mass is 32.1. The molecule has 1 aliphatic heterocycles. The number of rotatable bonds is 8. The van der Waals surface area contributed by atoms with Gasteiger partial charge in [0.1, 0.15) is 5.75 Å². The first-order chi connectivity index (χ1) is 18.5. The normalized spacial score (nSPS) is 16.8. The van der Waals surface area contributed by atoms with Crippen LogP contribution >= 0.6 is 12.2 Å². The first-order valence-electron chi connectivity index (χ1n) is 12.6. The number of nitrogens with zero attached hydrogens (tertiary/aromatic N) is 3. The number of anilines is 1. The largest absolute Gasteiger partial charge is 0.497 e. The maximum Gasteiger partial charge on any atom is 0.226 e. The number of carbonyl (C=O) groups is 1. The molecule has 38 heavy (non-hydrogen) atoms. The SMILES string of the molecule is COc1ccc(-n2c(C)ccc2[C@@H]2[C@H](c3ccccn3)NC(=S)N2CCC(=O)Nc2ccccc2C)cc1. The Bertz CT molecular complexity index is 1430. The van der Waals surface area contributed by atoms with Gasteiger partial charge in [-0.05, 0) is 86.2 Å². The lowest BCUT2D eigenvalue weighted by molar-refractivity contribution is -0.116. The van der Waals surface area contributed by atoms with E-state index in [1.54, 1.807) is 13.3 Å². The first kappa shape index (κ1) is 25.5. The molecule has 0 bridgehead atoms. The first-order valence-corrected chi connectivity index (χ1v) is 13.0. The van der Waals surface area contributed by atoms with Crippen molar-refractivity contribution in [3.63, 3.8) is 0 Å². The third-order valence-corrected chi connectivity index (χ3v) is 7.29. The fourth-order valence-electron chi connectivity index (χ4n) is 4.99. The molecule has 194 valence electrons. The lowest BCUT2D eigenvalue weighted by Gasteiger charge is -2.29. The summed E-state index contributed by atoms with van der Waals surface area (Å²) in [5, 5.41) is 7.13. The second kappa shape index (κ2) is 11.1. The van der Waals surface area contributed by atoms with Crippen molar-refractivity contribution in [2.24, 2.45) is 0 Å². The van der Waals surface area contributed by atoms with Crippen LogP contribution in [0.5, 0.6) is 5.75 Å². The summed E-state index contributed by atoms with van der Waals surface area (Å²) in [6.45, 7) is 4.53. The molecule has 0 radical (unpaired) electrons. The van der Waals surface area contributed by atoms with Crippen LogP contribution in [0, 0.1) is 13.8 Å². The smallest absolute Gasteiger partial charge is 0.226 e. The van der Waals surface area contributed by atoms with Gasteiger partial charge in [0.2, 0.25) is 5.91 Å². The minimum absolute atomic E-state index is 0.0520. The lowest BCUT2D eigenvalue weighted by atomic mass is 10.0. The number of methoxy groups -OCH3 is 1. The van der Waals surface area contributed by atoms with E-state index in [0.29, 0.717) is 18.1 Å². The molecule has 2 atom stereocenters. The van der Waals surface area contributed by atoms with Crippen molar-refractivity contribution < 1.29 is 9.53 Å². The van der Waals surface area contributed by atoms with Gasteiger partial charge in [-0.1, -0.05) is 24.3 Å². The van der Waals surface area contributed by atoms with E-state index in [9.17, 15) is 4.79 Å². The van der Waals surface area contributed by atoms with E-state index in [4.69, 9.17) is 17.0 Å². The number of hydrogen-bond donors (Lipinski definition) is 2. The molecule has 1 saturated heterocycles. The van der Waals surface area contributed by atoms with Crippen molar-refractivity contribution in [2.45, 2.75) is 32.4 Å². The highest BCUT2D eigenvalue weighted by Crippen LogP contribution is 2.40. The van der Waals surface area contributed by atoms with Crippen molar-refractivity contribution >= 4 is 28.9 Å². The van der Waals surface area contributed by atoms with Crippen LogP contribution < -0.4 is 15.4 Å². The second-order valence-electron chi connectivity index (χ2n) is 9.37. The van der Waals surface area contributed by atoms with Crippen LogP contribution in [-0.4, -0.2) is 39.1 Å². The summed E-state index contributed by atoms with van der Waals surface area (Å²) in [6, 6.07) is 25.6. The van der Waals surface area contributed by atoms with E-state index in [1.165, 1.54) is 0 Å². The Morgan fingerprint density at radius 1 is 1.03 bits per heavy atom. The topological polar surface area (TPSA) is 71.4 Å². The molecular weight excluding hydrogens is 494 g/mol. The van der Waals surface area contributed by atoms with Crippen molar-refractivity contribution in [3.05, 3.63) is 108 Å². The van der Waals surface area contributed by atoms with Gasteiger partial charge >= 0.3 is 0 Å². The molecule has 1 fully saturated rings. The number of amides is 1. The molecule has 2 N–H and O–H groups in total. The van der Waals surface area contributed by atoms with Crippen LogP contribution in [0.2, 0.25) is 0 Å². The molecular formula is C30H31N5O2S. The van der Waals surface area contributed by atoms with E-state index in [-0.39, 0.29) is 18.0 Å². The van der Waals surface area contributed by atoms with Gasteiger partial charge in [-0.3, -0.25) is 9.78 Å². The van der Waals surface area contributed by atoms with Gasteiger partial charge in [-0.25, -0.2) is 0 Å². The molecule has 2 aromatic carbocycles. The minimum atomic E-state index is -0.172. The average Bonchev–Trinajstić information content (AvgIpc) is 3.48. The highest BCUT2D eigenvalue weighted by Gasteiger charge is 2.41. The molecule has 1 aliphatic rings. The standard InChI is InChI=1S/C30H31N5O2S/c1-20-8-4-5-9-24(20)32-27(36)17-19-34-29(28(33-30(34)38)25-10-6-7-18-31-25)26-16-11-21(2)35(26)22-12-14-23(37-3)15-13-22/h4-16,18,28-29H,17,19H2,1-3H3,(H,32,36)(H,33,38)/t28-,29+/m0/s1. The van der Waals surface area contributed by atoms with Gasteiger partial charge in [0.05, 0.1) is 24.9 Å².